The van der Waals surface area contributed by atoms with Crippen LogP contribution in [0.3, 0.4) is 0 Å². The maximum Gasteiger partial charge on any atom is 0.494 e. The maximum absolute atomic E-state index is 6.33. The molecule has 3 heterocycles. The third kappa shape index (κ3) is 4.53. The molecule has 5 aromatic carbocycles. The Morgan fingerprint density at radius 3 is 1.76 bits per heavy atom. The van der Waals surface area contributed by atoms with Crippen LogP contribution in [-0.4, -0.2) is 28.3 Å². The Hall–Kier alpha value is -4.84. The molecule has 1 saturated heterocycles. The molecular weight excluding hydrogens is 563 g/mol. The Balaban J connectivity index is 1.37. The van der Waals surface area contributed by atoms with Crippen molar-refractivity contribution in [3.8, 4) is 33.6 Å². The number of aromatic nitrogens is 2. The first-order valence-corrected chi connectivity index (χ1v) is 15.9. The number of aryl methyl sites for hydroxylation is 1. The molecule has 0 aliphatic carbocycles. The third-order valence-electron chi connectivity index (χ3n) is 9.90. The minimum Gasteiger partial charge on any atom is -0.399 e. The Labute approximate surface area is 270 Å². The SMILES string of the molecule is Cc1c(-c2ccccc2)c(-c2ccccc2)nc2c1ccc1c(-c3ccc(B4OC(C)(C)C(C)(C)O4)cc3)nc3ccccc3c12. The van der Waals surface area contributed by atoms with Gasteiger partial charge in [-0.05, 0) is 57.3 Å². The molecule has 1 aliphatic rings. The standard InChI is InChI=1S/C41H35BN2O2/c1-26-31-24-25-33-36(39(31)44-38(28-16-10-7-11-17-28)35(26)27-14-8-6-9-15-27)32-18-12-13-19-34(32)43-37(33)29-20-22-30(23-21-29)42-45-40(2,3)41(4,5)46-42/h6-25H,1-5H3. The van der Waals surface area contributed by atoms with Gasteiger partial charge in [-0.15, -0.1) is 0 Å². The molecule has 0 unspecified atom stereocenters. The number of hydrogen-bond donors (Lipinski definition) is 0. The number of rotatable bonds is 4. The van der Waals surface area contributed by atoms with Crippen molar-refractivity contribution in [2.45, 2.75) is 45.8 Å². The lowest BCUT2D eigenvalue weighted by Crippen LogP contribution is -2.41. The van der Waals surface area contributed by atoms with Crippen molar-refractivity contribution in [2.24, 2.45) is 0 Å². The zero-order valence-corrected chi connectivity index (χ0v) is 26.8. The molecule has 0 amide bonds. The average molecular weight is 599 g/mol. The Morgan fingerprint density at radius 1 is 0.522 bits per heavy atom. The number of benzene rings is 5. The molecular formula is C41H35BN2O2. The number of pyridine rings is 2. The van der Waals surface area contributed by atoms with Gasteiger partial charge in [0.1, 0.15) is 0 Å². The summed E-state index contributed by atoms with van der Waals surface area (Å²) in [5.74, 6) is 0. The molecule has 0 bridgehead atoms. The van der Waals surface area contributed by atoms with Crippen LogP contribution in [0.2, 0.25) is 0 Å². The summed E-state index contributed by atoms with van der Waals surface area (Å²) < 4.78 is 12.7. The van der Waals surface area contributed by atoms with Crippen LogP contribution in [0.5, 0.6) is 0 Å². The van der Waals surface area contributed by atoms with Gasteiger partial charge in [0, 0.05) is 38.2 Å². The third-order valence-corrected chi connectivity index (χ3v) is 9.90. The molecule has 1 aliphatic heterocycles. The molecule has 0 spiro atoms. The van der Waals surface area contributed by atoms with Gasteiger partial charge in [-0.3, -0.25) is 0 Å². The van der Waals surface area contributed by atoms with Crippen LogP contribution in [0, 0.1) is 6.92 Å². The second-order valence-corrected chi connectivity index (χ2v) is 13.3. The minimum atomic E-state index is -0.410. The predicted octanol–water partition coefficient (Wildman–Crippen LogP) is 9.54. The molecule has 0 saturated carbocycles. The van der Waals surface area contributed by atoms with E-state index in [1.54, 1.807) is 0 Å². The molecule has 0 radical (unpaired) electrons. The second-order valence-electron chi connectivity index (χ2n) is 13.3. The lowest BCUT2D eigenvalue weighted by molar-refractivity contribution is 0.00578. The summed E-state index contributed by atoms with van der Waals surface area (Å²) >= 11 is 0. The molecule has 4 nitrogen and oxygen atoms in total. The number of fused-ring (bicyclic) bond motifs is 5. The zero-order valence-electron chi connectivity index (χ0n) is 26.8. The molecule has 8 rings (SSSR count). The van der Waals surface area contributed by atoms with Gasteiger partial charge >= 0.3 is 7.12 Å². The smallest absolute Gasteiger partial charge is 0.399 e. The van der Waals surface area contributed by atoms with Crippen LogP contribution < -0.4 is 5.46 Å². The summed E-state index contributed by atoms with van der Waals surface area (Å²) in [4.78, 5) is 10.8. The van der Waals surface area contributed by atoms with Crippen LogP contribution in [-0.2, 0) is 9.31 Å². The van der Waals surface area contributed by atoms with Crippen molar-refractivity contribution < 1.29 is 9.31 Å². The van der Waals surface area contributed by atoms with E-state index in [4.69, 9.17) is 19.3 Å². The topological polar surface area (TPSA) is 44.2 Å². The van der Waals surface area contributed by atoms with Gasteiger partial charge in [-0.2, -0.15) is 0 Å². The Morgan fingerprint density at radius 2 is 1.09 bits per heavy atom. The van der Waals surface area contributed by atoms with E-state index < -0.39 is 18.3 Å². The summed E-state index contributed by atoms with van der Waals surface area (Å²) in [6.45, 7) is 10.6. The quantitative estimate of drug-likeness (QED) is 0.150. The van der Waals surface area contributed by atoms with E-state index in [-0.39, 0.29) is 0 Å². The van der Waals surface area contributed by atoms with Gasteiger partial charge in [-0.1, -0.05) is 115 Å². The highest BCUT2D eigenvalue weighted by Gasteiger charge is 2.51. The van der Waals surface area contributed by atoms with E-state index in [0.717, 1.165) is 71.7 Å². The fraction of sp³-hybridized carbons (Fsp3) is 0.171. The molecule has 46 heavy (non-hydrogen) atoms. The van der Waals surface area contributed by atoms with Gasteiger partial charge in [0.25, 0.3) is 0 Å². The molecule has 0 atom stereocenters. The first-order valence-electron chi connectivity index (χ1n) is 15.9. The van der Waals surface area contributed by atoms with Crippen molar-refractivity contribution in [3.63, 3.8) is 0 Å². The van der Waals surface area contributed by atoms with Crippen LogP contribution in [0.4, 0.5) is 0 Å². The molecule has 224 valence electrons. The number of nitrogens with zero attached hydrogens (tertiary/aromatic N) is 2. The summed E-state index contributed by atoms with van der Waals surface area (Å²) in [6.07, 6.45) is 0. The van der Waals surface area contributed by atoms with Crippen molar-refractivity contribution in [1.29, 1.82) is 0 Å². The normalized spacial score (nSPS) is 15.6. The van der Waals surface area contributed by atoms with Gasteiger partial charge in [0.05, 0.1) is 33.6 Å². The van der Waals surface area contributed by atoms with Gasteiger partial charge < -0.3 is 9.31 Å². The minimum absolute atomic E-state index is 0.391. The Bertz CT molecular complexity index is 2250. The van der Waals surface area contributed by atoms with Crippen LogP contribution in [0.15, 0.2) is 121 Å². The van der Waals surface area contributed by atoms with E-state index in [1.807, 2.05) is 0 Å². The van der Waals surface area contributed by atoms with Crippen molar-refractivity contribution in [1.82, 2.24) is 9.97 Å². The Kier molecular flexibility index (Phi) is 6.61. The largest absolute Gasteiger partial charge is 0.494 e. The van der Waals surface area contributed by atoms with Crippen LogP contribution >= 0.6 is 0 Å². The average Bonchev–Trinajstić information content (AvgIpc) is 3.30. The van der Waals surface area contributed by atoms with Crippen molar-refractivity contribution in [3.05, 3.63) is 127 Å². The van der Waals surface area contributed by atoms with Gasteiger partial charge in [0.15, 0.2) is 0 Å². The number of para-hydroxylation sites is 1. The van der Waals surface area contributed by atoms with E-state index in [2.05, 4.69) is 156 Å². The highest BCUT2D eigenvalue weighted by molar-refractivity contribution is 6.62. The second kappa shape index (κ2) is 10.6. The fourth-order valence-electron chi connectivity index (χ4n) is 6.68. The van der Waals surface area contributed by atoms with Crippen molar-refractivity contribution >= 4 is 45.2 Å². The summed E-state index contributed by atoms with van der Waals surface area (Å²) in [7, 11) is -0.410. The highest BCUT2D eigenvalue weighted by Crippen LogP contribution is 2.42. The van der Waals surface area contributed by atoms with E-state index >= 15 is 0 Å². The van der Waals surface area contributed by atoms with Crippen LogP contribution in [0.1, 0.15) is 33.3 Å². The molecule has 7 aromatic rings. The van der Waals surface area contributed by atoms with E-state index in [0.29, 0.717) is 0 Å². The zero-order chi connectivity index (χ0) is 31.6. The fourth-order valence-corrected chi connectivity index (χ4v) is 6.68. The lowest BCUT2D eigenvalue weighted by atomic mass is 9.78. The van der Waals surface area contributed by atoms with E-state index in [1.165, 1.54) is 5.56 Å². The van der Waals surface area contributed by atoms with Crippen LogP contribution in [0.25, 0.3) is 66.2 Å². The predicted molar refractivity (Wildman–Crippen MR) is 191 cm³/mol. The summed E-state index contributed by atoms with van der Waals surface area (Å²) in [5.41, 5.74) is 9.74. The molecule has 1 fully saturated rings. The molecule has 2 aromatic heterocycles. The summed E-state index contributed by atoms with van der Waals surface area (Å²) in [5, 5.41) is 4.43. The lowest BCUT2D eigenvalue weighted by Gasteiger charge is -2.32. The van der Waals surface area contributed by atoms with Gasteiger partial charge in [-0.25, -0.2) is 9.97 Å². The molecule has 5 heteroatoms. The monoisotopic (exact) mass is 598 g/mol. The highest BCUT2D eigenvalue weighted by atomic mass is 16.7. The van der Waals surface area contributed by atoms with Crippen molar-refractivity contribution in [2.75, 3.05) is 0 Å². The van der Waals surface area contributed by atoms with E-state index in [9.17, 15) is 0 Å². The molecule has 0 N–H and O–H groups in total. The number of hydrogen-bond acceptors (Lipinski definition) is 4. The first-order chi connectivity index (χ1) is 22.2. The first kappa shape index (κ1) is 28.6. The summed E-state index contributed by atoms with van der Waals surface area (Å²) in [6, 6.07) is 42.4. The maximum atomic E-state index is 6.33. The van der Waals surface area contributed by atoms with Gasteiger partial charge in [0.2, 0.25) is 0 Å².